The monoisotopic (exact) mass is 448 g/mol. The second kappa shape index (κ2) is 9.16. The second-order valence-corrected chi connectivity index (χ2v) is 8.41. The molecule has 1 aromatic heterocycles. The number of rotatable bonds is 5. The van der Waals surface area contributed by atoms with Crippen molar-refractivity contribution in [1.82, 2.24) is 30.7 Å². The maximum absolute atomic E-state index is 6.36. The number of nitrogens with zero attached hydrogens (tertiary/aromatic N) is 3. The fraction of sp³-hybridized carbons (Fsp3) is 0.400. The fourth-order valence-electron chi connectivity index (χ4n) is 3.81. The van der Waals surface area contributed by atoms with Gasteiger partial charge in [0.25, 0.3) is 0 Å². The Morgan fingerprint density at radius 3 is 2.80 bits per heavy atom. The Morgan fingerprint density at radius 2 is 2.00 bits per heavy atom. The van der Waals surface area contributed by atoms with Crippen molar-refractivity contribution < 1.29 is 0 Å². The van der Waals surface area contributed by atoms with E-state index in [1.54, 1.807) is 12.1 Å². The maximum Gasteiger partial charge on any atom is 0.177 e. The number of aromatic nitrogens is 3. The number of aromatic amines is 1. The summed E-state index contributed by atoms with van der Waals surface area (Å²) in [4.78, 5) is 5.41. The molecule has 8 nitrogen and oxygen atoms in total. The fourth-order valence-corrected chi connectivity index (χ4v) is 4.18. The minimum atomic E-state index is 0.377. The van der Waals surface area contributed by atoms with Gasteiger partial charge in [0.05, 0.1) is 11.4 Å². The van der Waals surface area contributed by atoms with Crippen LogP contribution in [0.2, 0.25) is 10.0 Å². The predicted octanol–water partition coefficient (Wildman–Crippen LogP) is 2.11. The predicted molar refractivity (Wildman–Crippen MR) is 119 cm³/mol. The Labute approximate surface area is 185 Å². The molecule has 7 N–H and O–H groups in total. The summed E-state index contributed by atoms with van der Waals surface area (Å²) in [6.07, 6.45) is 3.90. The molecule has 10 heteroatoms. The SMILES string of the molecule is NC1=C(/C=C(\N)c2nnc(C3CCNCC3)[nH]2)N(Cc2cc(Cl)ccc2Cl)CCN1. The quantitative estimate of drug-likeness (QED) is 0.474. The highest BCUT2D eigenvalue weighted by Gasteiger charge is 2.21. The molecule has 4 rings (SSSR count). The van der Waals surface area contributed by atoms with Crippen LogP contribution in [0, 0.1) is 0 Å². The number of halogens is 2. The molecule has 30 heavy (non-hydrogen) atoms. The topological polar surface area (TPSA) is 121 Å². The van der Waals surface area contributed by atoms with E-state index in [2.05, 4.69) is 30.7 Å². The molecule has 0 bridgehead atoms. The summed E-state index contributed by atoms with van der Waals surface area (Å²) in [6.45, 7) is 4.02. The van der Waals surface area contributed by atoms with Gasteiger partial charge >= 0.3 is 0 Å². The van der Waals surface area contributed by atoms with Crippen LogP contribution >= 0.6 is 23.2 Å². The van der Waals surface area contributed by atoms with Crippen LogP contribution in [0.1, 0.15) is 36.0 Å². The summed E-state index contributed by atoms with van der Waals surface area (Å²) in [5, 5.41) is 16.4. The van der Waals surface area contributed by atoms with E-state index in [-0.39, 0.29) is 0 Å². The van der Waals surface area contributed by atoms with Crippen molar-refractivity contribution in [1.29, 1.82) is 0 Å². The van der Waals surface area contributed by atoms with Gasteiger partial charge in [-0.05, 0) is 55.8 Å². The van der Waals surface area contributed by atoms with Crippen molar-refractivity contribution in [2.75, 3.05) is 26.2 Å². The third-order valence-corrected chi connectivity index (χ3v) is 6.08. The van der Waals surface area contributed by atoms with Crippen LogP contribution in [-0.4, -0.2) is 46.3 Å². The van der Waals surface area contributed by atoms with Gasteiger partial charge in [0.2, 0.25) is 0 Å². The van der Waals surface area contributed by atoms with Gasteiger partial charge in [-0.2, -0.15) is 0 Å². The van der Waals surface area contributed by atoms with E-state index in [1.807, 2.05) is 12.1 Å². The molecule has 1 aromatic carbocycles. The number of hydrogen-bond acceptors (Lipinski definition) is 7. The lowest BCUT2D eigenvalue weighted by Gasteiger charge is -2.32. The molecule has 0 unspecified atom stereocenters. The van der Waals surface area contributed by atoms with Gasteiger partial charge in [0.1, 0.15) is 11.6 Å². The van der Waals surface area contributed by atoms with Crippen LogP contribution in [0.25, 0.3) is 5.70 Å². The first-order valence-electron chi connectivity index (χ1n) is 10.0. The zero-order valence-electron chi connectivity index (χ0n) is 16.6. The largest absolute Gasteiger partial charge is 0.396 e. The molecule has 0 amide bonds. The molecule has 160 valence electrons. The van der Waals surface area contributed by atoms with Gasteiger partial charge in [-0.25, -0.2) is 0 Å². The van der Waals surface area contributed by atoms with Crippen molar-refractivity contribution in [3.63, 3.8) is 0 Å². The highest BCUT2D eigenvalue weighted by Crippen LogP contribution is 2.26. The molecule has 0 spiro atoms. The van der Waals surface area contributed by atoms with Crippen molar-refractivity contribution in [3.05, 3.63) is 63.1 Å². The van der Waals surface area contributed by atoms with E-state index >= 15 is 0 Å². The van der Waals surface area contributed by atoms with Crippen molar-refractivity contribution in [2.45, 2.75) is 25.3 Å². The molecule has 0 atom stereocenters. The van der Waals surface area contributed by atoms with E-state index in [1.165, 1.54) is 0 Å². The lowest BCUT2D eigenvalue weighted by molar-refractivity contribution is 0.321. The molecule has 2 aromatic rings. The van der Waals surface area contributed by atoms with Crippen LogP contribution in [-0.2, 0) is 6.54 Å². The smallest absolute Gasteiger partial charge is 0.177 e. The summed E-state index contributed by atoms with van der Waals surface area (Å²) in [5.74, 6) is 2.37. The summed E-state index contributed by atoms with van der Waals surface area (Å²) >= 11 is 12.5. The van der Waals surface area contributed by atoms with Crippen LogP contribution < -0.4 is 22.1 Å². The van der Waals surface area contributed by atoms with Crippen molar-refractivity contribution in [3.8, 4) is 0 Å². The number of H-pyrrole nitrogens is 1. The Hall–Kier alpha value is -2.42. The number of nitrogens with one attached hydrogen (secondary N) is 3. The lowest BCUT2D eigenvalue weighted by atomic mass is 9.98. The first kappa shape index (κ1) is 20.8. The van der Waals surface area contributed by atoms with Gasteiger partial charge in [0.15, 0.2) is 5.82 Å². The second-order valence-electron chi connectivity index (χ2n) is 7.57. The van der Waals surface area contributed by atoms with Crippen molar-refractivity contribution in [2.24, 2.45) is 11.5 Å². The third-order valence-electron chi connectivity index (χ3n) is 5.48. The number of benzene rings is 1. The van der Waals surface area contributed by atoms with Crippen LogP contribution in [0.3, 0.4) is 0 Å². The zero-order valence-corrected chi connectivity index (χ0v) is 18.1. The molecule has 1 saturated heterocycles. The first-order chi connectivity index (χ1) is 14.5. The third kappa shape index (κ3) is 4.66. The van der Waals surface area contributed by atoms with E-state index in [0.717, 1.165) is 56.1 Å². The standard InChI is InChI=1S/C20H26Cl2N8/c21-14-1-2-15(22)13(9-14)11-30-8-7-26-18(24)17(30)10-16(23)20-27-19(28-29-20)12-3-5-25-6-4-12/h1-2,9-10,12,25-26H,3-8,11,23-24H2,(H,27,28,29)/b16-10-. The van der Waals surface area contributed by atoms with E-state index in [9.17, 15) is 0 Å². The first-order valence-corrected chi connectivity index (χ1v) is 10.8. The molecular formula is C20H26Cl2N8. The summed E-state index contributed by atoms with van der Waals surface area (Å²) in [6, 6.07) is 5.45. The zero-order chi connectivity index (χ0) is 21.1. The number of nitrogens with two attached hydrogens (primary N) is 2. The summed E-state index contributed by atoms with van der Waals surface area (Å²) < 4.78 is 0. The Kier molecular flexibility index (Phi) is 6.36. The van der Waals surface area contributed by atoms with Gasteiger partial charge in [-0.3, -0.25) is 0 Å². The Balaban J connectivity index is 1.56. The Morgan fingerprint density at radius 1 is 1.20 bits per heavy atom. The van der Waals surface area contributed by atoms with E-state index in [0.29, 0.717) is 39.9 Å². The van der Waals surface area contributed by atoms with Gasteiger partial charge in [0, 0.05) is 35.6 Å². The molecule has 1 fully saturated rings. The van der Waals surface area contributed by atoms with E-state index < -0.39 is 0 Å². The molecule has 2 aliphatic rings. The van der Waals surface area contributed by atoms with Gasteiger partial charge < -0.3 is 32.0 Å². The van der Waals surface area contributed by atoms with Crippen molar-refractivity contribution >= 4 is 28.9 Å². The molecule has 2 aliphatic heterocycles. The number of piperidine rings is 1. The lowest BCUT2D eigenvalue weighted by Crippen LogP contribution is -2.41. The average molecular weight is 449 g/mol. The Bertz CT molecular complexity index is 961. The minimum Gasteiger partial charge on any atom is -0.396 e. The maximum atomic E-state index is 6.36. The summed E-state index contributed by atoms with van der Waals surface area (Å²) in [7, 11) is 0. The van der Waals surface area contributed by atoms with E-state index in [4.69, 9.17) is 34.7 Å². The number of hydrogen-bond donors (Lipinski definition) is 5. The van der Waals surface area contributed by atoms with Crippen LogP contribution in [0.4, 0.5) is 0 Å². The number of allylic oxidation sites excluding steroid dienone is 1. The highest BCUT2D eigenvalue weighted by atomic mass is 35.5. The normalized spacial score (nSPS) is 18.6. The average Bonchev–Trinajstić information content (AvgIpc) is 3.24. The summed E-state index contributed by atoms with van der Waals surface area (Å²) in [5.41, 5.74) is 14.8. The molecular weight excluding hydrogens is 423 g/mol. The molecule has 3 heterocycles. The van der Waals surface area contributed by atoms with Crippen LogP contribution in [0.15, 0.2) is 35.8 Å². The van der Waals surface area contributed by atoms with Gasteiger partial charge in [-0.15, -0.1) is 10.2 Å². The molecule has 0 aliphatic carbocycles. The minimum absolute atomic E-state index is 0.377. The highest BCUT2D eigenvalue weighted by molar-refractivity contribution is 6.33. The molecule has 0 radical (unpaired) electrons. The molecule has 0 saturated carbocycles. The van der Waals surface area contributed by atoms with Crippen LogP contribution in [0.5, 0.6) is 0 Å². The van der Waals surface area contributed by atoms with Gasteiger partial charge in [-0.1, -0.05) is 23.2 Å².